The molecule has 0 bridgehead atoms. The van der Waals surface area contributed by atoms with Gasteiger partial charge in [-0.3, -0.25) is 4.79 Å². The maximum Gasteiger partial charge on any atom is 0.251 e. The maximum atomic E-state index is 12.4. The van der Waals surface area contributed by atoms with E-state index < -0.39 is 0 Å². The van der Waals surface area contributed by atoms with E-state index in [1.165, 1.54) is 5.56 Å². The van der Waals surface area contributed by atoms with Crippen LogP contribution in [0.4, 0.5) is 0 Å². The highest BCUT2D eigenvalue weighted by molar-refractivity contribution is 5.94. The van der Waals surface area contributed by atoms with Gasteiger partial charge in [-0.05, 0) is 61.7 Å². The first-order valence-electron chi connectivity index (χ1n) is 7.82. The summed E-state index contributed by atoms with van der Waals surface area (Å²) < 4.78 is 11.1. The Labute approximate surface area is 136 Å². The summed E-state index contributed by atoms with van der Waals surface area (Å²) in [6, 6.07) is 11.4. The third-order valence-corrected chi connectivity index (χ3v) is 4.18. The van der Waals surface area contributed by atoms with Gasteiger partial charge in [-0.25, -0.2) is 0 Å². The molecule has 0 unspecified atom stereocenters. The zero-order chi connectivity index (χ0) is 16.4. The van der Waals surface area contributed by atoms with Crippen molar-refractivity contribution in [1.29, 1.82) is 0 Å². The molecule has 2 aromatic rings. The number of aryl methyl sites for hydroxylation is 2. The molecule has 4 nitrogen and oxygen atoms in total. The number of ether oxygens (including phenoxy) is 2. The van der Waals surface area contributed by atoms with E-state index in [2.05, 4.69) is 5.32 Å². The third-order valence-electron chi connectivity index (χ3n) is 4.18. The van der Waals surface area contributed by atoms with Gasteiger partial charge in [-0.15, -0.1) is 0 Å². The van der Waals surface area contributed by atoms with E-state index in [1.807, 2.05) is 57.2 Å². The van der Waals surface area contributed by atoms with Crippen LogP contribution in [-0.4, -0.2) is 19.1 Å². The lowest BCUT2D eigenvalue weighted by Gasteiger charge is -2.21. The van der Waals surface area contributed by atoms with Gasteiger partial charge in [0.05, 0.1) is 6.04 Å². The number of hydrogen-bond donors (Lipinski definition) is 1. The summed E-state index contributed by atoms with van der Waals surface area (Å²) in [7, 11) is 0. The number of rotatable bonds is 3. The second-order valence-electron chi connectivity index (χ2n) is 5.90. The summed E-state index contributed by atoms with van der Waals surface area (Å²) in [6.07, 6.45) is 0. The Kier molecular flexibility index (Phi) is 4.24. The second kappa shape index (κ2) is 6.32. The van der Waals surface area contributed by atoms with Gasteiger partial charge < -0.3 is 14.8 Å². The van der Waals surface area contributed by atoms with Gasteiger partial charge in [0.25, 0.3) is 5.91 Å². The van der Waals surface area contributed by atoms with E-state index in [9.17, 15) is 4.79 Å². The number of benzene rings is 2. The molecule has 0 spiro atoms. The summed E-state index contributed by atoms with van der Waals surface area (Å²) in [5.74, 6) is 1.42. The molecule has 1 aliphatic rings. The number of nitrogens with one attached hydrogen (secondary N) is 1. The smallest absolute Gasteiger partial charge is 0.251 e. The van der Waals surface area contributed by atoms with Gasteiger partial charge >= 0.3 is 0 Å². The molecule has 0 aromatic heterocycles. The first-order valence-corrected chi connectivity index (χ1v) is 7.82. The predicted octanol–water partition coefficient (Wildman–Crippen LogP) is 3.57. The van der Waals surface area contributed by atoms with E-state index in [0.717, 1.165) is 22.6 Å². The van der Waals surface area contributed by atoms with E-state index in [0.29, 0.717) is 18.8 Å². The molecule has 4 heteroatoms. The summed E-state index contributed by atoms with van der Waals surface area (Å²) in [5.41, 5.74) is 3.97. The Bertz CT molecular complexity index is 739. The summed E-state index contributed by atoms with van der Waals surface area (Å²) in [5, 5.41) is 3.03. The molecule has 1 atom stereocenters. The highest BCUT2D eigenvalue weighted by Crippen LogP contribution is 2.32. The Morgan fingerprint density at radius 2 is 1.74 bits per heavy atom. The highest BCUT2D eigenvalue weighted by Gasteiger charge is 2.16. The molecule has 1 aliphatic heterocycles. The molecular formula is C19H21NO3. The molecule has 1 amide bonds. The van der Waals surface area contributed by atoms with Crippen LogP contribution in [0.25, 0.3) is 0 Å². The number of amides is 1. The zero-order valence-electron chi connectivity index (χ0n) is 13.7. The lowest BCUT2D eigenvalue weighted by Crippen LogP contribution is -2.27. The van der Waals surface area contributed by atoms with Crippen molar-refractivity contribution in [2.75, 3.05) is 13.2 Å². The fraction of sp³-hybridized carbons (Fsp3) is 0.316. The van der Waals surface area contributed by atoms with Gasteiger partial charge in [0.1, 0.15) is 13.2 Å². The van der Waals surface area contributed by atoms with Gasteiger partial charge in [0, 0.05) is 5.56 Å². The molecule has 2 aromatic carbocycles. The topological polar surface area (TPSA) is 47.6 Å². The molecule has 3 rings (SSSR count). The van der Waals surface area contributed by atoms with Crippen LogP contribution in [0.15, 0.2) is 36.4 Å². The fourth-order valence-corrected chi connectivity index (χ4v) is 2.58. The van der Waals surface area contributed by atoms with Crippen molar-refractivity contribution in [3.63, 3.8) is 0 Å². The van der Waals surface area contributed by atoms with Gasteiger partial charge in [0.2, 0.25) is 0 Å². The van der Waals surface area contributed by atoms with Crippen LogP contribution in [0, 0.1) is 13.8 Å². The largest absolute Gasteiger partial charge is 0.486 e. The van der Waals surface area contributed by atoms with Crippen LogP contribution in [0.3, 0.4) is 0 Å². The predicted molar refractivity (Wildman–Crippen MR) is 89.2 cm³/mol. The quantitative estimate of drug-likeness (QED) is 0.942. The van der Waals surface area contributed by atoms with Crippen LogP contribution in [0.5, 0.6) is 11.5 Å². The van der Waals surface area contributed by atoms with E-state index in [1.54, 1.807) is 0 Å². The minimum absolute atomic E-state index is 0.0736. The van der Waals surface area contributed by atoms with Crippen molar-refractivity contribution in [3.05, 3.63) is 58.7 Å². The van der Waals surface area contributed by atoms with Crippen molar-refractivity contribution in [3.8, 4) is 11.5 Å². The molecule has 0 saturated heterocycles. The molecule has 120 valence electrons. The first kappa shape index (κ1) is 15.4. The normalized spacial score (nSPS) is 14.2. The van der Waals surface area contributed by atoms with Gasteiger partial charge in [-0.1, -0.05) is 12.1 Å². The highest BCUT2D eigenvalue weighted by atomic mass is 16.6. The van der Waals surface area contributed by atoms with Crippen LogP contribution < -0.4 is 14.8 Å². The fourth-order valence-electron chi connectivity index (χ4n) is 2.58. The first-order chi connectivity index (χ1) is 11.0. The number of hydrogen-bond acceptors (Lipinski definition) is 3. The standard InChI is InChI=1S/C19H21NO3/c1-12-4-5-16(10-13(12)2)19(21)20-14(3)15-6-7-17-18(11-15)23-9-8-22-17/h4-7,10-11,14H,8-9H2,1-3H3,(H,20,21)/t14-/m0/s1. The third kappa shape index (κ3) is 3.31. The Balaban J connectivity index is 1.74. The van der Waals surface area contributed by atoms with Gasteiger partial charge in [0.15, 0.2) is 11.5 Å². The molecule has 0 saturated carbocycles. The average molecular weight is 311 g/mol. The van der Waals surface area contributed by atoms with E-state index >= 15 is 0 Å². The van der Waals surface area contributed by atoms with Crippen molar-refractivity contribution < 1.29 is 14.3 Å². The van der Waals surface area contributed by atoms with E-state index in [4.69, 9.17) is 9.47 Å². The van der Waals surface area contributed by atoms with E-state index in [-0.39, 0.29) is 11.9 Å². The summed E-state index contributed by atoms with van der Waals surface area (Å²) in [6.45, 7) is 7.14. The summed E-state index contributed by atoms with van der Waals surface area (Å²) >= 11 is 0. The van der Waals surface area contributed by atoms with Crippen LogP contribution in [-0.2, 0) is 0 Å². The molecule has 0 aliphatic carbocycles. The van der Waals surface area contributed by atoms with Crippen LogP contribution >= 0.6 is 0 Å². The molecule has 1 heterocycles. The Morgan fingerprint density at radius 1 is 1.00 bits per heavy atom. The van der Waals surface area contributed by atoms with Crippen molar-refractivity contribution in [1.82, 2.24) is 5.32 Å². The molecule has 23 heavy (non-hydrogen) atoms. The monoisotopic (exact) mass is 311 g/mol. The minimum atomic E-state index is -0.111. The van der Waals surface area contributed by atoms with Gasteiger partial charge in [-0.2, -0.15) is 0 Å². The second-order valence-corrected chi connectivity index (χ2v) is 5.90. The molecular weight excluding hydrogens is 290 g/mol. The molecule has 1 N–H and O–H groups in total. The number of carbonyl (C=O) groups is 1. The van der Waals surface area contributed by atoms with Crippen LogP contribution in [0.2, 0.25) is 0 Å². The van der Waals surface area contributed by atoms with Crippen molar-refractivity contribution in [2.45, 2.75) is 26.8 Å². The maximum absolute atomic E-state index is 12.4. The number of fused-ring (bicyclic) bond motifs is 1. The number of carbonyl (C=O) groups excluding carboxylic acids is 1. The molecule has 0 radical (unpaired) electrons. The lowest BCUT2D eigenvalue weighted by atomic mass is 10.0. The molecule has 0 fully saturated rings. The minimum Gasteiger partial charge on any atom is -0.486 e. The Morgan fingerprint density at radius 3 is 2.48 bits per heavy atom. The van der Waals surface area contributed by atoms with Crippen LogP contribution in [0.1, 0.15) is 40.0 Å². The zero-order valence-corrected chi connectivity index (χ0v) is 13.7. The van der Waals surface area contributed by atoms with Crippen molar-refractivity contribution in [2.24, 2.45) is 0 Å². The average Bonchev–Trinajstić information content (AvgIpc) is 2.56. The Hall–Kier alpha value is -2.49. The van der Waals surface area contributed by atoms with Crippen molar-refractivity contribution >= 4 is 5.91 Å². The summed E-state index contributed by atoms with van der Waals surface area (Å²) in [4.78, 5) is 12.4. The SMILES string of the molecule is Cc1ccc(C(=O)N[C@@H](C)c2ccc3c(c2)OCCO3)cc1C. The lowest BCUT2D eigenvalue weighted by molar-refractivity contribution is 0.0939.